The summed E-state index contributed by atoms with van der Waals surface area (Å²) in [5.41, 5.74) is 1.92. The Morgan fingerprint density at radius 3 is 0.606 bits per heavy atom. The molecule has 7 heteroatoms. The van der Waals surface area contributed by atoms with Gasteiger partial charge < -0.3 is 0 Å². The molecule has 0 saturated heterocycles. The molecule has 4 nitrogen and oxygen atoms in total. The van der Waals surface area contributed by atoms with Crippen molar-refractivity contribution in [3.05, 3.63) is 26.6 Å². The Morgan fingerprint density at radius 2 is 0.515 bits per heavy atom. The van der Waals surface area contributed by atoms with Crippen molar-refractivity contribution in [1.82, 2.24) is 0 Å². The van der Waals surface area contributed by atoms with Gasteiger partial charge in [-0.3, -0.25) is 0 Å². The molecular formula is C26H48MoO4P2. The molecule has 33 heavy (non-hydrogen) atoms. The first-order chi connectivity index (χ1) is 14.4. The van der Waals surface area contributed by atoms with E-state index in [9.17, 15) is 0 Å². The van der Waals surface area contributed by atoms with Gasteiger partial charge in [0.2, 0.25) is 0 Å². The van der Waals surface area contributed by atoms with Gasteiger partial charge in [-0.15, -0.1) is 15.8 Å². The zero-order chi connectivity index (χ0) is 27.4. The third-order valence-corrected chi connectivity index (χ3v) is 11.2. The van der Waals surface area contributed by atoms with Crippen LogP contribution in [0.5, 0.6) is 0 Å². The van der Waals surface area contributed by atoms with Crippen molar-refractivity contribution in [2.24, 2.45) is 21.7 Å². The van der Waals surface area contributed by atoms with Crippen molar-refractivity contribution in [3.63, 3.8) is 0 Å². The third kappa shape index (κ3) is 46.5. The molecule has 0 aromatic heterocycles. The van der Waals surface area contributed by atoms with Crippen molar-refractivity contribution in [1.29, 1.82) is 0 Å². The average molecular weight is 583 g/mol. The van der Waals surface area contributed by atoms with Crippen LogP contribution >= 0.6 is 15.8 Å². The zero-order valence-corrected chi connectivity index (χ0v) is 27.0. The zero-order valence-electron chi connectivity index (χ0n) is 23.2. The smallest absolute Gasteiger partial charge is 0 e. The van der Waals surface area contributed by atoms with Gasteiger partial charge in [-0.05, 0) is 58.6 Å². The summed E-state index contributed by atoms with van der Waals surface area (Å²) in [6, 6.07) is 0. The van der Waals surface area contributed by atoms with Gasteiger partial charge in [0.05, 0.1) is 0 Å². The molecule has 0 spiro atoms. The Morgan fingerprint density at radius 1 is 0.394 bits per heavy atom. The molecular weight excluding hydrogens is 534 g/mol. The van der Waals surface area contributed by atoms with Crippen LogP contribution in [0.1, 0.15) is 83.1 Å². The van der Waals surface area contributed by atoms with Gasteiger partial charge in [0, 0.05) is 21.1 Å². The van der Waals surface area contributed by atoms with Crippen LogP contribution in [0.15, 0.2) is 0 Å². The monoisotopic (exact) mass is 584 g/mol. The summed E-state index contributed by atoms with van der Waals surface area (Å²) in [4.78, 5) is 0. The first-order valence-corrected chi connectivity index (χ1v) is 14.4. The minimum atomic E-state index is 0. The van der Waals surface area contributed by atoms with E-state index < -0.39 is 0 Å². The topological polar surface area (TPSA) is 79.6 Å². The van der Waals surface area contributed by atoms with E-state index in [1.807, 2.05) is 0 Å². The molecule has 0 saturated carbocycles. The van der Waals surface area contributed by atoms with Crippen molar-refractivity contribution < 1.29 is 39.7 Å². The summed E-state index contributed by atoms with van der Waals surface area (Å²) in [6.07, 6.45) is 8.76. The Kier molecular flexibility index (Phi) is 34.3. The van der Waals surface area contributed by atoms with Crippen LogP contribution in [0.3, 0.4) is 0 Å². The van der Waals surface area contributed by atoms with Crippen LogP contribution in [0, 0.1) is 48.3 Å². The van der Waals surface area contributed by atoms with Crippen molar-refractivity contribution in [2.75, 3.05) is 37.0 Å². The minimum absolute atomic E-state index is 0. The van der Waals surface area contributed by atoms with E-state index in [4.69, 9.17) is 18.6 Å². The van der Waals surface area contributed by atoms with Gasteiger partial charge in [-0.1, -0.05) is 83.1 Å². The molecule has 0 unspecified atom stereocenters. The fourth-order valence-electron chi connectivity index (χ4n) is 3.39. The number of hydrogen-bond acceptors (Lipinski definition) is 0. The maximum absolute atomic E-state index is 7.50. The second-order valence-electron chi connectivity index (χ2n) is 12.7. The average Bonchev–Trinajstić information content (AvgIpc) is 2.61. The SMILES string of the molecule is CC(C)(C)CP(CCP(CC(C)(C)C)CC(C)(C)C)CC(C)(C)C.[C-]#[O+].[C-]#[O+].[C-]#[O+].[C-]#[O+].[Mo]. The van der Waals surface area contributed by atoms with Crippen LogP contribution in [-0.2, 0) is 39.7 Å². The molecule has 0 aliphatic rings. The molecule has 0 N–H and O–H groups in total. The fourth-order valence-corrected chi connectivity index (χ4v) is 11.9. The Hall–Kier alpha value is 0.508. The van der Waals surface area contributed by atoms with E-state index in [0.29, 0.717) is 21.7 Å². The van der Waals surface area contributed by atoms with Crippen LogP contribution in [0.2, 0.25) is 0 Å². The molecule has 0 amide bonds. The van der Waals surface area contributed by atoms with E-state index in [2.05, 4.69) is 110 Å². The second-order valence-corrected chi connectivity index (χ2v) is 17.5. The van der Waals surface area contributed by atoms with Gasteiger partial charge in [0.1, 0.15) is 0 Å². The maximum atomic E-state index is 7.50. The molecule has 0 aromatic rings. The Bertz CT molecular complexity index is 421. The van der Waals surface area contributed by atoms with Crippen LogP contribution < -0.4 is 0 Å². The molecule has 0 aliphatic heterocycles. The predicted molar refractivity (Wildman–Crippen MR) is 137 cm³/mol. The van der Waals surface area contributed by atoms with E-state index in [-0.39, 0.29) is 36.9 Å². The first kappa shape index (κ1) is 46.8. The molecule has 0 bridgehead atoms. The Labute approximate surface area is 223 Å². The molecule has 0 aliphatic carbocycles. The molecule has 0 fully saturated rings. The van der Waals surface area contributed by atoms with Gasteiger partial charge in [0.25, 0.3) is 0 Å². The predicted octanol–water partition coefficient (Wildman–Crippen LogP) is 7.98. The van der Waals surface area contributed by atoms with Gasteiger partial charge in [-0.2, -0.15) is 0 Å². The van der Waals surface area contributed by atoms with E-state index in [1.54, 1.807) is 0 Å². The van der Waals surface area contributed by atoms with Gasteiger partial charge >= 0.3 is 45.2 Å². The van der Waals surface area contributed by atoms with Gasteiger partial charge in [-0.25, -0.2) is 0 Å². The van der Waals surface area contributed by atoms with Crippen LogP contribution in [0.4, 0.5) is 0 Å². The van der Waals surface area contributed by atoms with Crippen molar-refractivity contribution in [3.8, 4) is 0 Å². The van der Waals surface area contributed by atoms with Gasteiger partial charge in [0.15, 0.2) is 0 Å². The maximum Gasteiger partial charge on any atom is 0 e. The molecule has 192 valence electrons. The van der Waals surface area contributed by atoms with Crippen LogP contribution in [-0.4, -0.2) is 37.0 Å². The van der Waals surface area contributed by atoms with E-state index >= 15 is 0 Å². The number of hydrogen-bond donors (Lipinski definition) is 0. The molecule has 0 radical (unpaired) electrons. The summed E-state index contributed by atoms with van der Waals surface area (Å²) in [5, 5.41) is 0. The fraction of sp³-hybridized carbons (Fsp3) is 0.846. The summed E-state index contributed by atoms with van der Waals surface area (Å²) in [5.74, 6) is 0. The standard InChI is InChI=1S/C22H48P2.4CO.Mo/c1-19(2,3)15-23(16-20(4,5)6)13-14-24(17-21(7,8)9)18-22(10,11)12;4*1-2;/h13-18H2,1-12H3;;;;;. The summed E-state index contributed by atoms with van der Waals surface area (Å²) in [6.45, 7) is 47.1. The summed E-state index contributed by atoms with van der Waals surface area (Å²) in [7, 11) is 0.328. The molecule has 0 aromatic carbocycles. The largest absolute Gasteiger partial charge is 0 e. The normalized spacial score (nSPS) is 11.0. The van der Waals surface area contributed by atoms with Crippen LogP contribution in [0.25, 0.3) is 0 Å². The second kappa shape index (κ2) is 24.2. The molecule has 0 atom stereocenters. The number of rotatable bonds is 7. The molecule has 0 rings (SSSR count). The molecule has 0 heterocycles. The first-order valence-electron chi connectivity index (χ1n) is 10.6. The van der Waals surface area contributed by atoms with Crippen molar-refractivity contribution >= 4 is 15.8 Å². The van der Waals surface area contributed by atoms with E-state index in [0.717, 1.165) is 0 Å². The summed E-state index contributed by atoms with van der Waals surface area (Å²) >= 11 is 0. The summed E-state index contributed by atoms with van der Waals surface area (Å²) < 4.78 is 30.0. The Balaban J connectivity index is -0.000000181. The third-order valence-electron chi connectivity index (χ3n) is 3.52. The van der Waals surface area contributed by atoms with Crippen molar-refractivity contribution in [2.45, 2.75) is 83.1 Å². The quantitative estimate of drug-likeness (QED) is 0.126. The minimum Gasteiger partial charge on any atom is 0 e. The van der Waals surface area contributed by atoms with E-state index in [1.165, 1.54) is 37.0 Å².